The molecule has 0 heterocycles. The van der Waals surface area contributed by atoms with E-state index in [0.717, 1.165) is 19.3 Å². The van der Waals surface area contributed by atoms with Gasteiger partial charge in [-0.1, -0.05) is 6.42 Å². The van der Waals surface area contributed by atoms with Gasteiger partial charge in [-0.05, 0) is 18.8 Å². The Bertz CT molecular complexity index is 324. The van der Waals surface area contributed by atoms with E-state index < -0.39 is 9.73 Å². The Morgan fingerprint density at radius 3 is 2.57 bits per heavy atom. The molecule has 1 aliphatic rings. The minimum Gasteiger partial charge on any atom is -0.327 e. The van der Waals surface area contributed by atoms with Crippen LogP contribution in [0.25, 0.3) is 0 Å². The standard InChI is InChI=1S/C9H18N2O2S/c1-14(2,13)11-9(12)6-7-4-3-5-8(7)10/h7-8H,3-6,10H2,1-2H3/t7-,8+/m0/s1. The summed E-state index contributed by atoms with van der Waals surface area (Å²) >= 11 is 0. The Kier molecular flexibility index (Phi) is 3.66. The highest BCUT2D eigenvalue weighted by molar-refractivity contribution is 7.92. The van der Waals surface area contributed by atoms with Gasteiger partial charge >= 0.3 is 0 Å². The van der Waals surface area contributed by atoms with Crippen molar-refractivity contribution in [2.24, 2.45) is 16.0 Å². The highest BCUT2D eigenvalue weighted by Gasteiger charge is 2.25. The molecule has 14 heavy (non-hydrogen) atoms. The first-order valence-electron chi connectivity index (χ1n) is 4.84. The Morgan fingerprint density at radius 1 is 1.50 bits per heavy atom. The minimum atomic E-state index is -2.30. The quantitative estimate of drug-likeness (QED) is 0.743. The Hall–Kier alpha value is -0.420. The molecule has 0 aliphatic heterocycles. The van der Waals surface area contributed by atoms with Crippen molar-refractivity contribution in [2.75, 3.05) is 12.5 Å². The zero-order valence-corrected chi connectivity index (χ0v) is 9.55. The van der Waals surface area contributed by atoms with E-state index in [1.165, 1.54) is 12.5 Å². The van der Waals surface area contributed by atoms with Crippen LogP contribution in [0, 0.1) is 5.92 Å². The first-order chi connectivity index (χ1) is 6.38. The summed E-state index contributed by atoms with van der Waals surface area (Å²) in [6.07, 6.45) is 6.38. The van der Waals surface area contributed by atoms with E-state index in [1.807, 2.05) is 0 Å². The molecule has 0 saturated heterocycles. The molecule has 1 rings (SSSR count). The lowest BCUT2D eigenvalue weighted by Crippen LogP contribution is -2.26. The summed E-state index contributed by atoms with van der Waals surface area (Å²) in [6, 6.07) is 0.124. The second-order valence-electron chi connectivity index (χ2n) is 4.23. The predicted octanol–water partition coefficient (Wildman–Crippen LogP) is 0.758. The van der Waals surface area contributed by atoms with Gasteiger partial charge in [0.05, 0.1) is 0 Å². The molecule has 0 unspecified atom stereocenters. The zero-order chi connectivity index (χ0) is 10.8. The maximum absolute atomic E-state index is 11.4. The summed E-state index contributed by atoms with van der Waals surface area (Å²) in [5, 5.41) is 0. The highest BCUT2D eigenvalue weighted by Crippen LogP contribution is 2.27. The summed E-state index contributed by atoms with van der Waals surface area (Å²) < 4.78 is 14.9. The molecule has 5 heteroatoms. The summed E-state index contributed by atoms with van der Waals surface area (Å²) in [7, 11) is -2.30. The first kappa shape index (κ1) is 11.7. The van der Waals surface area contributed by atoms with Gasteiger partial charge in [0.1, 0.15) is 0 Å². The lowest BCUT2D eigenvalue weighted by atomic mass is 10.0. The second-order valence-corrected chi connectivity index (χ2v) is 6.77. The molecule has 0 bridgehead atoms. The van der Waals surface area contributed by atoms with Gasteiger partial charge in [-0.2, -0.15) is 4.36 Å². The lowest BCUT2D eigenvalue weighted by molar-refractivity contribution is -0.118. The number of nitrogens with two attached hydrogens (primary N) is 1. The summed E-state index contributed by atoms with van der Waals surface area (Å²) in [6.45, 7) is 0. The van der Waals surface area contributed by atoms with E-state index in [-0.39, 0.29) is 17.9 Å². The molecule has 2 atom stereocenters. The molecular formula is C9H18N2O2S. The fraction of sp³-hybridized carbons (Fsp3) is 0.889. The van der Waals surface area contributed by atoms with Crippen LogP contribution in [0.5, 0.6) is 0 Å². The van der Waals surface area contributed by atoms with E-state index in [9.17, 15) is 9.00 Å². The van der Waals surface area contributed by atoms with Gasteiger partial charge in [0.2, 0.25) is 0 Å². The molecule has 0 aromatic carbocycles. The first-order valence-corrected chi connectivity index (χ1v) is 7.17. The average Bonchev–Trinajstić information content (AvgIpc) is 2.32. The largest absolute Gasteiger partial charge is 0.327 e. The number of carbonyl (C=O) groups excluding carboxylic acids is 1. The Balaban J connectivity index is 2.53. The van der Waals surface area contributed by atoms with Gasteiger partial charge in [0, 0.05) is 34.7 Å². The molecule has 1 fully saturated rings. The Labute approximate surface area is 85.4 Å². The van der Waals surface area contributed by atoms with Crippen LogP contribution in [0.2, 0.25) is 0 Å². The van der Waals surface area contributed by atoms with Gasteiger partial charge in [0.15, 0.2) is 0 Å². The maximum Gasteiger partial charge on any atom is 0.254 e. The molecule has 1 amide bonds. The van der Waals surface area contributed by atoms with Crippen LogP contribution in [-0.2, 0) is 14.5 Å². The van der Waals surface area contributed by atoms with E-state index in [0.29, 0.717) is 6.42 Å². The summed E-state index contributed by atoms with van der Waals surface area (Å²) in [4.78, 5) is 11.4. The highest BCUT2D eigenvalue weighted by atomic mass is 32.2. The summed E-state index contributed by atoms with van der Waals surface area (Å²) in [5.41, 5.74) is 5.83. The number of hydrogen-bond acceptors (Lipinski definition) is 3. The van der Waals surface area contributed by atoms with Gasteiger partial charge < -0.3 is 5.73 Å². The van der Waals surface area contributed by atoms with Crippen molar-refractivity contribution in [3.05, 3.63) is 0 Å². The zero-order valence-electron chi connectivity index (χ0n) is 8.73. The van der Waals surface area contributed by atoms with Crippen molar-refractivity contribution < 1.29 is 9.00 Å². The number of nitrogens with zero attached hydrogens (tertiary/aromatic N) is 1. The molecule has 4 nitrogen and oxygen atoms in total. The molecule has 0 radical (unpaired) electrons. The van der Waals surface area contributed by atoms with Gasteiger partial charge in [-0.25, -0.2) is 4.21 Å². The van der Waals surface area contributed by atoms with Gasteiger partial charge in [-0.15, -0.1) is 0 Å². The van der Waals surface area contributed by atoms with Crippen molar-refractivity contribution in [1.29, 1.82) is 0 Å². The van der Waals surface area contributed by atoms with Crippen LogP contribution < -0.4 is 5.73 Å². The van der Waals surface area contributed by atoms with E-state index in [1.54, 1.807) is 0 Å². The SMILES string of the molecule is CS(C)(=O)=NC(=O)C[C@@H]1CCC[C@H]1N. The monoisotopic (exact) mass is 218 g/mol. The van der Waals surface area contributed by atoms with Crippen molar-refractivity contribution in [3.8, 4) is 0 Å². The van der Waals surface area contributed by atoms with Crippen LogP contribution in [-0.4, -0.2) is 28.7 Å². The topological polar surface area (TPSA) is 72.5 Å². The minimum absolute atomic E-state index is 0.124. The van der Waals surface area contributed by atoms with Crippen molar-refractivity contribution in [1.82, 2.24) is 0 Å². The van der Waals surface area contributed by atoms with Crippen molar-refractivity contribution in [2.45, 2.75) is 31.7 Å². The fourth-order valence-corrected chi connectivity index (χ4v) is 2.39. The Morgan fingerprint density at radius 2 is 2.14 bits per heavy atom. The van der Waals surface area contributed by atoms with Crippen LogP contribution in [0.1, 0.15) is 25.7 Å². The maximum atomic E-state index is 11.4. The molecule has 0 aromatic heterocycles. The average molecular weight is 218 g/mol. The molecule has 0 aromatic rings. The van der Waals surface area contributed by atoms with Crippen molar-refractivity contribution in [3.63, 3.8) is 0 Å². The molecule has 1 saturated carbocycles. The third-order valence-corrected chi connectivity index (χ3v) is 3.12. The van der Waals surface area contributed by atoms with Gasteiger partial charge in [0.25, 0.3) is 5.91 Å². The van der Waals surface area contributed by atoms with E-state index in [2.05, 4.69) is 4.36 Å². The number of rotatable bonds is 2. The van der Waals surface area contributed by atoms with E-state index >= 15 is 0 Å². The predicted molar refractivity (Wildman–Crippen MR) is 57.4 cm³/mol. The molecular weight excluding hydrogens is 200 g/mol. The number of carbonyl (C=O) groups is 1. The molecule has 0 spiro atoms. The molecule has 1 aliphatic carbocycles. The smallest absolute Gasteiger partial charge is 0.254 e. The number of amides is 1. The fourth-order valence-electron chi connectivity index (χ4n) is 1.83. The van der Waals surface area contributed by atoms with Crippen molar-refractivity contribution >= 4 is 15.6 Å². The molecule has 82 valence electrons. The van der Waals surface area contributed by atoms with Gasteiger partial charge in [-0.3, -0.25) is 4.79 Å². The third-order valence-electron chi connectivity index (χ3n) is 2.48. The van der Waals surface area contributed by atoms with Crippen LogP contribution in [0.4, 0.5) is 0 Å². The molecule has 2 N–H and O–H groups in total. The normalized spacial score (nSPS) is 27.6. The van der Waals surface area contributed by atoms with Crippen LogP contribution in [0.3, 0.4) is 0 Å². The third kappa shape index (κ3) is 3.75. The van der Waals surface area contributed by atoms with Crippen LogP contribution >= 0.6 is 0 Å². The van der Waals surface area contributed by atoms with Crippen LogP contribution in [0.15, 0.2) is 4.36 Å². The summed E-state index contributed by atoms with van der Waals surface area (Å²) in [5.74, 6) is -0.0182. The van der Waals surface area contributed by atoms with E-state index in [4.69, 9.17) is 5.73 Å². The lowest BCUT2D eigenvalue weighted by Gasteiger charge is -2.12. The second kappa shape index (κ2) is 4.40. The number of hydrogen-bond donors (Lipinski definition) is 1.